The first-order valence-electron chi connectivity index (χ1n) is 5.93. The second kappa shape index (κ2) is 5.00. The second-order valence-electron chi connectivity index (χ2n) is 4.69. The molecule has 0 aromatic heterocycles. The molecule has 16 heavy (non-hydrogen) atoms. The highest BCUT2D eigenvalue weighted by Gasteiger charge is 2.16. The molecule has 2 nitrogen and oxygen atoms in total. The largest absolute Gasteiger partial charge is 0.227 e. The lowest BCUT2D eigenvalue weighted by molar-refractivity contribution is 0.443. The van der Waals surface area contributed by atoms with E-state index in [1.54, 1.807) is 6.07 Å². The highest BCUT2D eigenvalue weighted by Crippen LogP contribution is 2.33. The van der Waals surface area contributed by atoms with Crippen molar-refractivity contribution < 1.29 is 8.42 Å². The van der Waals surface area contributed by atoms with Gasteiger partial charge < -0.3 is 0 Å². The topological polar surface area (TPSA) is 34.1 Å². The summed E-state index contributed by atoms with van der Waals surface area (Å²) in [6.45, 7) is 1.97. The van der Waals surface area contributed by atoms with Crippen LogP contribution in [0.4, 0.5) is 0 Å². The maximum atomic E-state index is 11.0. The zero-order chi connectivity index (χ0) is 11.5. The average molecular weight is 238 g/mol. The van der Waals surface area contributed by atoms with E-state index in [0.717, 1.165) is 5.56 Å². The van der Waals surface area contributed by atoms with Crippen molar-refractivity contribution in [3.63, 3.8) is 0 Å². The zero-order valence-corrected chi connectivity index (χ0v) is 10.5. The number of benzene rings is 1. The Morgan fingerprint density at radius 1 is 1.06 bits per heavy atom. The smallest absolute Gasteiger partial charge is 0.168 e. The highest BCUT2D eigenvalue weighted by atomic mass is 32.2. The highest BCUT2D eigenvalue weighted by molar-refractivity contribution is 7.72. The van der Waals surface area contributed by atoms with Crippen LogP contribution in [0.3, 0.4) is 0 Å². The summed E-state index contributed by atoms with van der Waals surface area (Å²) < 4.78 is 22.1. The Bertz CT molecular complexity index is 435. The summed E-state index contributed by atoms with van der Waals surface area (Å²) in [6.07, 6.45) is 6.29. The summed E-state index contributed by atoms with van der Waals surface area (Å²) >= 11 is 0. The summed E-state index contributed by atoms with van der Waals surface area (Å²) in [5.41, 5.74) is 2.27. The number of rotatable bonds is 2. The van der Waals surface area contributed by atoms with Crippen molar-refractivity contribution in [2.45, 2.75) is 49.8 Å². The number of hydrogen-bond donors (Lipinski definition) is 1. The first kappa shape index (κ1) is 11.6. The van der Waals surface area contributed by atoms with Gasteiger partial charge in [-0.1, -0.05) is 25.3 Å². The monoisotopic (exact) mass is 238 g/mol. The predicted octanol–water partition coefficient (Wildman–Crippen LogP) is 3.01. The summed E-state index contributed by atoms with van der Waals surface area (Å²) in [6, 6.07) is 5.74. The van der Waals surface area contributed by atoms with E-state index in [2.05, 4.69) is 6.07 Å². The van der Waals surface area contributed by atoms with Crippen molar-refractivity contribution in [1.82, 2.24) is 0 Å². The molecule has 0 unspecified atom stereocenters. The lowest BCUT2D eigenvalue weighted by atomic mass is 9.84. The molecule has 0 bridgehead atoms. The number of thiol groups is 1. The molecule has 1 aromatic carbocycles. The number of aryl methyl sites for hydroxylation is 1. The van der Waals surface area contributed by atoms with Crippen molar-refractivity contribution in [1.29, 1.82) is 0 Å². The molecular formula is C13H18O2S. The Kier molecular flexibility index (Phi) is 3.64. The molecular weight excluding hydrogens is 220 g/mol. The molecule has 88 valence electrons. The van der Waals surface area contributed by atoms with E-state index in [1.165, 1.54) is 37.7 Å². The molecule has 0 heterocycles. The summed E-state index contributed by atoms with van der Waals surface area (Å²) in [5, 5.41) is 0. The van der Waals surface area contributed by atoms with Crippen LogP contribution < -0.4 is 0 Å². The van der Waals surface area contributed by atoms with Gasteiger partial charge in [0, 0.05) is 0 Å². The molecule has 0 saturated heterocycles. The lowest BCUT2D eigenvalue weighted by Gasteiger charge is -2.22. The van der Waals surface area contributed by atoms with Gasteiger partial charge in [-0.25, -0.2) is 8.42 Å². The van der Waals surface area contributed by atoms with E-state index in [9.17, 15) is 8.42 Å². The number of hydrogen-bond acceptors (Lipinski definition) is 2. The summed E-state index contributed by atoms with van der Waals surface area (Å²) in [4.78, 5) is 0.468. The Morgan fingerprint density at radius 3 is 2.38 bits per heavy atom. The third kappa shape index (κ3) is 2.64. The fraction of sp³-hybridized carbons (Fsp3) is 0.538. The molecule has 0 N–H and O–H groups in total. The van der Waals surface area contributed by atoms with Crippen LogP contribution in [0.2, 0.25) is 0 Å². The SMILES string of the molecule is Cc1cc(C2CCCCC2)cc([SH](=O)=O)c1. The van der Waals surface area contributed by atoms with Crippen LogP contribution in [0.5, 0.6) is 0 Å². The minimum Gasteiger partial charge on any atom is -0.227 e. The molecule has 0 amide bonds. The van der Waals surface area contributed by atoms with Crippen LogP contribution in [0.1, 0.15) is 49.1 Å². The van der Waals surface area contributed by atoms with Gasteiger partial charge in [-0.05, 0) is 48.9 Å². The van der Waals surface area contributed by atoms with Crippen molar-refractivity contribution >= 4 is 10.7 Å². The van der Waals surface area contributed by atoms with Gasteiger partial charge in [0.2, 0.25) is 0 Å². The Labute approximate surface area is 98.6 Å². The van der Waals surface area contributed by atoms with Crippen molar-refractivity contribution in [2.75, 3.05) is 0 Å². The Balaban J connectivity index is 2.32. The molecule has 2 rings (SSSR count). The molecule has 0 spiro atoms. The molecule has 1 aliphatic carbocycles. The van der Waals surface area contributed by atoms with Gasteiger partial charge in [0.05, 0.1) is 4.90 Å². The van der Waals surface area contributed by atoms with Gasteiger partial charge >= 0.3 is 0 Å². The standard InChI is InChI=1S/C13H18O2S/c1-10-7-12(9-13(8-10)16(14)15)11-5-3-2-4-6-11/h7-9,11,16H,2-6H2,1H3. The summed E-state index contributed by atoms with van der Waals surface area (Å²) in [5.74, 6) is 0.572. The minimum atomic E-state index is -2.45. The van der Waals surface area contributed by atoms with E-state index in [-0.39, 0.29) is 0 Å². The van der Waals surface area contributed by atoms with E-state index in [1.807, 2.05) is 13.0 Å². The summed E-state index contributed by atoms with van der Waals surface area (Å²) in [7, 11) is -2.45. The zero-order valence-electron chi connectivity index (χ0n) is 9.61. The van der Waals surface area contributed by atoms with Gasteiger partial charge in [-0.2, -0.15) is 0 Å². The van der Waals surface area contributed by atoms with Crippen molar-refractivity contribution in [2.24, 2.45) is 0 Å². The van der Waals surface area contributed by atoms with Crippen LogP contribution in [0.25, 0.3) is 0 Å². The van der Waals surface area contributed by atoms with Crippen LogP contribution in [0.15, 0.2) is 23.1 Å². The molecule has 0 radical (unpaired) electrons. The van der Waals surface area contributed by atoms with Gasteiger partial charge in [0.1, 0.15) is 0 Å². The third-order valence-electron chi connectivity index (χ3n) is 3.37. The van der Waals surface area contributed by atoms with Gasteiger partial charge in [-0.3, -0.25) is 0 Å². The maximum Gasteiger partial charge on any atom is 0.168 e. The average Bonchev–Trinajstić information content (AvgIpc) is 2.29. The van der Waals surface area contributed by atoms with Gasteiger partial charge in [0.25, 0.3) is 0 Å². The Morgan fingerprint density at radius 2 is 1.75 bits per heavy atom. The van der Waals surface area contributed by atoms with E-state index >= 15 is 0 Å². The Hall–Kier alpha value is -0.830. The first-order chi connectivity index (χ1) is 7.66. The fourth-order valence-corrected chi connectivity index (χ4v) is 3.13. The maximum absolute atomic E-state index is 11.0. The normalized spacial score (nSPS) is 17.9. The quantitative estimate of drug-likeness (QED) is 0.804. The molecule has 1 aliphatic rings. The first-order valence-corrected chi connectivity index (χ1v) is 7.10. The fourth-order valence-electron chi connectivity index (χ4n) is 2.57. The molecule has 1 fully saturated rings. The molecule has 1 saturated carbocycles. The van der Waals surface area contributed by atoms with Crippen LogP contribution in [-0.4, -0.2) is 8.42 Å². The molecule has 1 aromatic rings. The van der Waals surface area contributed by atoms with Crippen LogP contribution >= 0.6 is 0 Å². The second-order valence-corrected chi connectivity index (χ2v) is 5.72. The van der Waals surface area contributed by atoms with Crippen molar-refractivity contribution in [3.8, 4) is 0 Å². The van der Waals surface area contributed by atoms with Gasteiger partial charge in [-0.15, -0.1) is 0 Å². The lowest BCUT2D eigenvalue weighted by Crippen LogP contribution is -2.05. The van der Waals surface area contributed by atoms with E-state index < -0.39 is 10.7 Å². The van der Waals surface area contributed by atoms with E-state index in [4.69, 9.17) is 0 Å². The molecule has 3 heteroatoms. The molecule has 0 aliphatic heterocycles. The van der Waals surface area contributed by atoms with E-state index in [0.29, 0.717) is 10.8 Å². The van der Waals surface area contributed by atoms with Gasteiger partial charge in [0.15, 0.2) is 10.7 Å². The third-order valence-corrected chi connectivity index (χ3v) is 4.05. The minimum absolute atomic E-state index is 0.468. The predicted molar refractivity (Wildman–Crippen MR) is 65.6 cm³/mol. The van der Waals surface area contributed by atoms with Crippen molar-refractivity contribution in [3.05, 3.63) is 29.3 Å². The van der Waals surface area contributed by atoms with Crippen LogP contribution in [0, 0.1) is 6.92 Å². The van der Waals surface area contributed by atoms with Crippen LogP contribution in [-0.2, 0) is 10.7 Å². The molecule has 0 atom stereocenters.